The maximum atomic E-state index is 10.6. The Bertz CT molecular complexity index is 451. The first-order valence-corrected chi connectivity index (χ1v) is 6.89. The van der Waals surface area contributed by atoms with Crippen molar-refractivity contribution in [1.29, 1.82) is 0 Å². The van der Waals surface area contributed by atoms with Gasteiger partial charge in [0.2, 0.25) is 12.2 Å². The Balaban J connectivity index is 1.94. The molecule has 3 aliphatic rings. The highest BCUT2D eigenvalue weighted by Gasteiger charge is 2.64. The fourth-order valence-corrected chi connectivity index (χ4v) is 5.26. The standard InChI is InChI=1S/C14H18N2O2/c1-2-14-5-10(12(6-14)16-8-18)9-3-4-11(13(9)14)15-7-17/h9-13H,2-6H2,1H3. The van der Waals surface area contributed by atoms with Crippen molar-refractivity contribution in [2.75, 3.05) is 0 Å². The van der Waals surface area contributed by atoms with Gasteiger partial charge in [0.25, 0.3) is 0 Å². The van der Waals surface area contributed by atoms with Crippen LogP contribution in [0.3, 0.4) is 0 Å². The topological polar surface area (TPSA) is 58.9 Å². The van der Waals surface area contributed by atoms with Crippen LogP contribution in [0.2, 0.25) is 0 Å². The third-order valence-corrected chi connectivity index (χ3v) is 5.82. The minimum absolute atomic E-state index is 0.165. The maximum Gasteiger partial charge on any atom is 0.235 e. The number of hydrogen-bond donors (Lipinski definition) is 0. The van der Waals surface area contributed by atoms with E-state index in [1.807, 2.05) is 0 Å². The molecule has 0 aromatic carbocycles. The molecule has 3 aliphatic carbocycles. The molecule has 6 atom stereocenters. The lowest BCUT2D eigenvalue weighted by molar-refractivity contribution is 0.123. The van der Waals surface area contributed by atoms with Gasteiger partial charge in [-0.25, -0.2) is 19.6 Å². The molecule has 0 heterocycles. The van der Waals surface area contributed by atoms with Gasteiger partial charge < -0.3 is 0 Å². The Morgan fingerprint density at radius 2 is 1.78 bits per heavy atom. The average molecular weight is 246 g/mol. The van der Waals surface area contributed by atoms with E-state index in [0.29, 0.717) is 17.8 Å². The molecular weight excluding hydrogens is 228 g/mol. The van der Waals surface area contributed by atoms with Crippen LogP contribution >= 0.6 is 0 Å². The first-order chi connectivity index (χ1) is 8.75. The summed E-state index contributed by atoms with van der Waals surface area (Å²) in [5.41, 5.74) is 0.252. The Morgan fingerprint density at radius 3 is 2.44 bits per heavy atom. The zero-order chi connectivity index (χ0) is 12.8. The highest BCUT2D eigenvalue weighted by molar-refractivity contribution is 5.36. The van der Waals surface area contributed by atoms with E-state index in [0.717, 1.165) is 32.1 Å². The second-order valence-electron chi connectivity index (χ2n) is 6.13. The lowest BCUT2D eigenvalue weighted by Crippen LogP contribution is -2.37. The van der Waals surface area contributed by atoms with Crippen LogP contribution in [0.25, 0.3) is 0 Å². The quantitative estimate of drug-likeness (QED) is 0.566. The smallest absolute Gasteiger partial charge is 0.211 e. The van der Waals surface area contributed by atoms with Gasteiger partial charge in [-0.05, 0) is 48.9 Å². The summed E-state index contributed by atoms with van der Waals surface area (Å²) in [4.78, 5) is 29.1. The Morgan fingerprint density at radius 1 is 1.06 bits per heavy atom. The number of nitrogens with zero attached hydrogens (tertiary/aromatic N) is 2. The molecule has 3 fully saturated rings. The molecule has 0 aromatic rings. The van der Waals surface area contributed by atoms with Gasteiger partial charge in [0.15, 0.2) is 0 Å². The van der Waals surface area contributed by atoms with E-state index >= 15 is 0 Å². The van der Waals surface area contributed by atoms with Gasteiger partial charge in [-0.3, -0.25) is 0 Å². The zero-order valence-corrected chi connectivity index (χ0v) is 10.6. The van der Waals surface area contributed by atoms with Gasteiger partial charge >= 0.3 is 0 Å². The third kappa shape index (κ3) is 1.39. The number of rotatable bonds is 3. The second-order valence-corrected chi connectivity index (χ2v) is 6.13. The van der Waals surface area contributed by atoms with Crippen LogP contribution in [0.5, 0.6) is 0 Å². The molecule has 4 nitrogen and oxygen atoms in total. The summed E-state index contributed by atoms with van der Waals surface area (Å²) >= 11 is 0. The van der Waals surface area contributed by atoms with Crippen molar-refractivity contribution in [2.24, 2.45) is 33.2 Å². The number of isocyanates is 2. The molecular formula is C14H18N2O2. The highest BCUT2D eigenvalue weighted by atomic mass is 16.1. The van der Waals surface area contributed by atoms with Gasteiger partial charge in [0.1, 0.15) is 0 Å². The van der Waals surface area contributed by atoms with Crippen molar-refractivity contribution in [2.45, 2.75) is 51.1 Å². The molecule has 3 rings (SSSR count). The zero-order valence-electron chi connectivity index (χ0n) is 10.6. The van der Waals surface area contributed by atoms with Crippen LogP contribution in [0, 0.1) is 23.2 Å². The van der Waals surface area contributed by atoms with Crippen molar-refractivity contribution >= 4 is 12.2 Å². The third-order valence-electron chi connectivity index (χ3n) is 5.82. The number of fused-ring (bicyclic) bond motifs is 5. The monoisotopic (exact) mass is 246 g/mol. The minimum Gasteiger partial charge on any atom is -0.211 e. The van der Waals surface area contributed by atoms with E-state index in [1.165, 1.54) is 0 Å². The molecule has 0 saturated heterocycles. The van der Waals surface area contributed by atoms with E-state index in [2.05, 4.69) is 16.9 Å². The average Bonchev–Trinajstić information content (AvgIpc) is 3.00. The molecule has 0 amide bonds. The summed E-state index contributed by atoms with van der Waals surface area (Å²) in [7, 11) is 0. The molecule has 0 radical (unpaired) electrons. The summed E-state index contributed by atoms with van der Waals surface area (Å²) in [6.07, 6.45) is 8.84. The fourth-order valence-electron chi connectivity index (χ4n) is 5.26. The van der Waals surface area contributed by atoms with Gasteiger partial charge in [0.05, 0.1) is 12.1 Å². The van der Waals surface area contributed by atoms with Crippen LogP contribution in [-0.2, 0) is 9.59 Å². The lowest BCUT2D eigenvalue weighted by atomic mass is 9.67. The minimum atomic E-state index is 0.165. The van der Waals surface area contributed by atoms with E-state index < -0.39 is 0 Å². The van der Waals surface area contributed by atoms with Crippen molar-refractivity contribution in [3.63, 3.8) is 0 Å². The van der Waals surface area contributed by atoms with Gasteiger partial charge in [-0.2, -0.15) is 0 Å². The van der Waals surface area contributed by atoms with Gasteiger partial charge in [0, 0.05) is 0 Å². The van der Waals surface area contributed by atoms with Gasteiger partial charge in [-0.1, -0.05) is 13.3 Å². The largest absolute Gasteiger partial charge is 0.235 e. The van der Waals surface area contributed by atoms with Crippen molar-refractivity contribution in [3.8, 4) is 0 Å². The Labute approximate surface area is 107 Å². The first kappa shape index (κ1) is 11.8. The number of hydrogen-bond acceptors (Lipinski definition) is 4. The van der Waals surface area contributed by atoms with Crippen LogP contribution in [0.15, 0.2) is 9.98 Å². The number of aliphatic imine (C=N–C) groups is 2. The van der Waals surface area contributed by atoms with Crippen LogP contribution in [0.1, 0.15) is 39.0 Å². The Kier molecular flexibility index (Phi) is 2.73. The predicted octanol–water partition coefficient (Wildman–Crippen LogP) is 2.24. The van der Waals surface area contributed by atoms with Crippen LogP contribution < -0.4 is 0 Å². The number of carbonyl (C=O) groups excluding carboxylic acids is 2. The molecule has 0 aromatic heterocycles. The SMILES string of the molecule is CCC12CC(N=C=O)C(C1)C1CCC(N=C=O)C12. The van der Waals surface area contributed by atoms with E-state index in [1.54, 1.807) is 12.2 Å². The summed E-state index contributed by atoms with van der Waals surface area (Å²) in [5, 5.41) is 0. The first-order valence-electron chi connectivity index (χ1n) is 6.89. The maximum absolute atomic E-state index is 10.6. The molecule has 0 N–H and O–H groups in total. The molecule has 4 heteroatoms. The van der Waals surface area contributed by atoms with Crippen LogP contribution in [-0.4, -0.2) is 24.2 Å². The van der Waals surface area contributed by atoms with Crippen molar-refractivity contribution < 1.29 is 9.59 Å². The molecule has 96 valence electrons. The summed E-state index contributed by atoms with van der Waals surface area (Å²) < 4.78 is 0. The summed E-state index contributed by atoms with van der Waals surface area (Å²) in [6.45, 7) is 2.21. The van der Waals surface area contributed by atoms with E-state index in [-0.39, 0.29) is 17.5 Å². The predicted molar refractivity (Wildman–Crippen MR) is 65.5 cm³/mol. The molecule has 2 bridgehead atoms. The second kappa shape index (κ2) is 4.15. The normalized spacial score (nSPS) is 48.4. The summed E-state index contributed by atoms with van der Waals surface area (Å²) in [5.74, 6) is 1.64. The van der Waals surface area contributed by atoms with E-state index in [4.69, 9.17) is 0 Å². The summed E-state index contributed by atoms with van der Waals surface area (Å²) in [6, 6.07) is 0.335. The van der Waals surface area contributed by atoms with Gasteiger partial charge in [-0.15, -0.1) is 0 Å². The lowest BCUT2D eigenvalue weighted by Gasteiger charge is -2.38. The van der Waals surface area contributed by atoms with Crippen molar-refractivity contribution in [3.05, 3.63) is 0 Å². The van der Waals surface area contributed by atoms with Crippen molar-refractivity contribution in [1.82, 2.24) is 0 Å². The molecule has 0 aliphatic heterocycles. The molecule has 0 spiro atoms. The highest BCUT2D eigenvalue weighted by Crippen LogP contribution is 2.67. The van der Waals surface area contributed by atoms with E-state index in [9.17, 15) is 9.59 Å². The fraction of sp³-hybridized carbons (Fsp3) is 0.857. The molecule has 18 heavy (non-hydrogen) atoms. The van der Waals surface area contributed by atoms with Crippen LogP contribution in [0.4, 0.5) is 0 Å². The Hall–Kier alpha value is -1.24. The molecule has 6 unspecified atom stereocenters. The molecule has 3 saturated carbocycles.